The molecule has 28 heavy (non-hydrogen) atoms. The number of carbonyl (C=O) groups is 3. The van der Waals surface area contributed by atoms with Crippen molar-refractivity contribution in [3.05, 3.63) is 71.5 Å². The van der Waals surface area contributed by atoms with Crippen LogP contribution in [0.4, 0.5) is 5.69 Å². The van der Waals surface area contributed by atoms with Crippen molar-refractivity contribution in [2.45, 2.75) is 6.92 Å². The Morgan fingerprint density at radius 2 is 1.64 bits per heavy atom. The van der Waals surface area contributed by atoms with Crippen molar-refractivity contribution in [3.8, 4) is 0 Å². The van der Waals surface area contributed by atoms with E-state index in [2.05, 4.69) is 0 Å². The van der Waals surface area contributed by atoms with E-state index in [9.17, 15) is 19.5 Å². The number of anilines is 1. The molecule has 0 bridgehead atoms. The Morgan fingerprint density at radius 1 is 0.964 bits per heavy atom. The molecule has 7 nitrogen and oxygen atoms in total. The second kappa shape index (κ2) is 8.49. The summed E-state index contributed by atoms with van der Waals surface area (Å²) >= 11 is 0. The topological polar surface area (TPSA) is 93.1 Å². The Hall–Kier alpha value is -3.45. The molecule has 2 amide bonds. The number of ether oxygens (including phenoxy) is 2. The number of rotatable bonds is 7. The highest BCUT2D eigenvalue weighted by Gasteiger charge is 2.40. The number of imide groups is 1. The van der Waals surface area contributed by atoms with Crippen molar-refractivity contribution in [2.24, 2.45) is 0 Å². The van der Waals surface area contributed by atoms with Crippen LogP contribution in [-0.2, 0) is 19.1 Å². The Balaban J connectivity index is 1.75. The first-order valence-electron chi connectivity index (χ1n) is 8.77. The number of carbonyl (C=O) groups excluding carboxylic acids is 3. The Bertz CT molecular complexity index is 918. The van der Waals surface area contributed by atoms with Crippen molar-refractivity contribution in [3.63, 3.8) is 0 Å². The van der Waals surface area contributed by atoms with Gasteiger partial charge in [-0.3, -0.25) is 9.59 Å². The maximum Gasteiger partial charge on any atom is 0.338 e. The van der Waals surface area contributed by atoms with Crippen LogP contribution in [0.15, 0.2) is 60.4 Å². The first-order chi connectivity index (χ1) is 13.5. The molecular formula is C21H19NO6. The Morgan fingerprint density at radius 3 is 2.29 bits per heavy atom. The van der Waals surface area contributed by atoms with E-state index in [0.29, 0.717) is 18.8 Å². The Labute approximate surface area is 161 Å². The predicted molar refractivity (Wildman–Crippen MR) is 102 cm³/mol. The van der Waals surface area contributed by atoms with Crippen molar-refractivity contribution in [1.82, 2.24) is 0 Å². The second-order valence-corrected chi connectivity index (χ2v) is 5.92. The molecule has 0 unspecified atom stereocenters. The molecule has 2 aromatic rings. The van der Waals surface area contributed by atoms with Gasteiger partial charge in [0.15, 0.2) is 5.76 Å². The standard InChI is InChI=1S/C21H19NO6/c1-2-27-12-13-28-21(26)15-8-10-16(11-9-15)22-19(24)17(18(23)20(22)25)14-6-4-3-5-7-14/h3-11,23H,2,12-13H2,1H3. The molecular weight excluding hydrogens is 362 g/mol. The van der Waals surface area contributed by atoms with E-state index in [0.717, 1.165) is 4.90 Å². The maximum absolute atomic E-state index is 12.7. The summed E-state index contributed by atoms with van der Waals surface area (Å²) < 4.78 is 10.2. The minimum absolute atomic E-state index is 0.0509. The van der Waals surface area contributed by atoms with Crippen LogP contribution < -0.4 is 4.90 Å². The highest BCUT2D eigenvalue weighted by Crippen LogP contribution is 2.31. The van der Waals surface area contributed by atoms with Crippen molar-refractivity contribution in [1.29, 1.82) is 0 Å². The number of hydrogen-bond donors (Lipinski definition) is 1. The molecule has 1 aliphatic rings. The average molecular weight is 381 g/mol. The second-order valence-electron chi connectivity index (χ2n) is 5.92. The molecule has 0 saturated heterocycles. The number of hydrogen-bond acceptors (Lipinski definition) is 6. The monoisotopic (exact) mass is 381 g/mol. The van der Waals surface area contributed by atoms with Crippen LogP contribution >= 0.6 is 0 Å². The molecule has 1 heterocycles. The zero-order chi connectivity index (χ0) is 20.1. The third kappa shape index (κ3) is 3.79. The smallest absolute Gasteiger partial charge is 0.338 e. The van der Waals surface area contributed by atoms with Gasteiger partial charge < -0.3 is 14.6 Å². The lowest BCUT2D eigenvalue weighted by atomic mass is 10.1. The van der Waals surface area contributed by atoms with E-state index < -0.39 is 23.5 Å². The number of aliphatic hydroxyl groups excluding tert-OH is 1. The predicted octanol–water partition coefficient (Wildman–Crippen LogP) is 2.72. The summed E-state index contributed by atoms with van der Waals surface area (Å²) in [6, 6.07) is 14.3. The molecule has 0 radical (unpaired) electrons. The maximum atomic E-state index is 12.7. The van der Waals surface area contributed by atoms with E-state index in [4.69, 9.17) is 9.47 Å². The molecule has 0 saturated carbocycles. The summed E-state index contributed by atoms with van der Waals surface area (Å²) in [5, 5.41) is 10.2. The van der Waals surface area contributed by atoms with Crippen LogP contribution in [-0.4, -0.2) is 42.7 Å². The number of esters is 1. The van der Waals surface area contributed by atoms with Gasteiger partial charge in [0.1, 0.15) is 6.61 Å². The van der Waals surface area contributed by atoms with E-state index in [1.165, 1.54) is 24.3 Å². The zero-order valence-corrected chi connectivity index (χ0v) is 15.3. The average Bonchev–Trinajstić information content (AvgIpc) is 2.94. The van der Waals surface area contributed by atoms with Gasteiger partial charge in [0, 0.05) is 6.61 Å². The first kappa shape index (κ1) is 19.3. The van der Waals surface area contributed by atoms with Crippen LogP contribution in [0, 0.1) is 0 Å². The fraction of sp³-hybridized carbons (Fsp3) is 0.190. The molecule has 0 atom stereocenters. The third-order valence-corrected chi connectivity index (χ3v) is 4.15. The van der Waals surface area contributed by atoms with Gasteiger partial charge in [-0.1, -0.05) is 30.3 Å². The fourth-order valence-electron chi connectivity index (χ4n) is 2.79. The minimum Gasteiger partial charge on any atom is -0.502 e. The van der Waals surface area contributed by atoms with Gasteiger partial charge in [-0.05, 0) is 36.8 Å². The first-order valence-corrected chi connectivity index (χ1v) is 8.77. The number of amides is 2. The number of benzene rings is 2. The summed E-state index contributed by atoms with van der Waals surface area (Å²) in [7, 11) is 0. The summed E-state index contributed by atoms with van der Waals surface area (Å²) in [5.74, 6) is -2.57. The van der Waals surface area contributed by atoms with E-state index in [-0.39, 0.29) is 23.4 Å². The fourth-order valence-corrected chi connectivity index (χ4v) is 2.79. The highest BCUT2D eigenvalue weighted by molar-refractivity contribution is 6.44. The van der Waals surface area contributed by atoms with Crippen LogP contribution in [0.1, 0.15) is 22.8 Å². The van der Waals surface area contributed by atoms with Crippen molar-refractivity contribution in [2.75, 3.05) is 24.7 Å². The summed E-state index contributed by atoms with van der Waals surface area (Å²) in [4.78, 5) is 38.0. The molecule has 0 spiro atoms. The number of aliphatic hydroxyl groups is 1. The van der Waals surface area contributed by atoms with E-state index in [1.807, 2.05) is 6.92 Å². The van der Waals surface area contributed by atoms with Crippen LogP contribution in [0.2, 0.25) is 0 Å². The Kier molecular flexibility index (Phi) is 5.86. The van der Waals surface area contributed by atoms with Gasteiger partial charge in [0.2, 0.25) is 0 Å². The van der Waals surface area contributed by atoms with E-state index in [1.54, 1.807) is 30.3 Å². The SMILES string of the molecule is CCOCCOC(=O)c1ccc(N2C(=O)C(O)=C(c3ccccc3)C2=O)cc1. The summed E-state index contributed by atoms with van der Waals surface area (Å²) in [6.07, 6.45) is 0. The molecule has 7 heteroatoms. The van der Waals surface area contributed by atoms with Crippen LogP contribution in [0.25, 0.3) is 5.57 Å². The molecule has 0 fully saturated rings. The lowest BCUT2D eigenvalue weighted by Crippen LogP contribution is -2.31. The van der Waals surface area contributed by atoms with Gasteiger partial charge in [-0.25, -0.2) is 9.69 Å². The zero-order valence-electron chi connectivity index (χ0n) is 15.3. The van der Waals surface area contributed by atoms with Gasteiger partial charge in [-0.2, -0.15) is 0 Å². The third-order valence-electron chi connectivity index (χ3n) is 4.15. The summed E-state index contributed by atoms with van der Waals surface area (Å²) in [6.45, 7) is 2.83. The normalized spacial score (nSPS) is 14.0. The highest BCUT2D eigenvalue weighted by atomic mass is 16.6. The van der Waals surface area contributed by atoms with Crippen molar-refractivity contribution >= 4 is 29.0 Å². The summed E-state index contributed by atoms with van der Waals surface area (Å²) in [5.41, 5.74) is 0.929. The lowest BCUT2D eigenvalue weighted by molar-refractivity contribution is -0.121. The van der Waals surface area contributed by atoms with Gasteiger partial charge in [-0.15, -0.1) is 0 Å². The molecule has 0 aromatic heterocycles. The van der Waals surface area contributed by atoms with Gasteiger partial charge in [0.05, 0.1) is 23.4 Å². The van der Waals surface area contributed by atoms with E-state index >= 15 is 0 Å². The molecule has 1 aliphatic heterocycles. The lowest BCUT2D eigenvalue weighted by Gasteiger charge is -2.15. The van der Waals surface area contributed by atoms with Crippen molar-refractivity contribution < 1.29 is 29.0 Å². The molecule has 0 aliphatic carbocycles. The van der Waals surface area contributed by atoms with Crippen LogP contribution in [0.3, 0.4) is 0 Å². The molecule has 1 N–H and O–H groups in total. The molecule has 2 aromatic carbocycles. The molecule has 3 rings (SSSR count). The largest absolute Gasteiger partial charge is 0.502 e. The molecule has 144 valence electrons. The van der Waals surface area contributed by atoms with Gasteiger partial charge >= 0.3 is 11.9 Å². The minimum atomic E-state index is -0.809. The number of nitrogens with zero attached hydrogens (tertiary/aromatic N) is 1. The van der Waals surface area contributed by atoms with Crippen LogP contribution in [0.5, 0.6) is 0 Å². The van der Waals surface area contributed by atoms with Gasteiger partial charge in [0.25, 0.3) is 5.91 Å². The quantitative estimate of drug-likeness (QED) is 0.450.